The van der Waals surface area contributed by atoms with E-state index in [2.05, 4.69) is 11.8 Å². The summed E-state index contributed by atoms with van der Waals surface area (Å²) in [5.74, 6) is 0.351. The number of rotatable bonds is 1. The van der Waals surface area contributed by atoms with Crippen molar-refractivity contribution in [3.05, 3.63) is 0 Å². The molecular weight excluding hydrogens is 252 g/mol. The molecule has 2 atom stereocenters. The van der Waals surface area contributed by atoms with Crippen molar-refractivity contribution in [3.63, 3.8) is 0 Å². The van der Waals surface area contributed by atoms with Gasteiger partial charge in [-0.25, -0.2) is 0 Å². The first-order valence-corrected chi connectivity index (χ1v) is 8.18. The van der Waals surface area contributed by atoms with Gasteiger partial charge in [-0.05, 0) is 44.4 Å². The number of nitrogens with two attached hydrogens (primary N) is 1. The van der Waals surface area contributed by atoms with E-state index in [1.165, 1.54) is 0 Å². The molecule has 0 bridgehead atoms. The van der Waals surface area contributed by atoms with E-state index in [0.29, 0.717) is 11.3 Å². The van der Waals surface area contributed by atoms with Crippen molar-refractivity contribution in [3.8, 4) is 0 Å². The first-order valence-electron chi connectivity index (χ1n) is 8.18. The van der Waals surface area contributed by atoms with Crippen LogP contribution in [0.1, 0.15) is 51.9 Å². The molecule has 0 radical (unpaired) electrons. The molecule has 4 heteroatoms. The van der Waals surface area contributed by atoms with E-state index < -0.39 is 0 Å². The van der Waals surface area contributed by atoms with Crippen LogP contribution in [-0.4, -0.2) is 42.6 Å². The van der Waals surface area contributed by atoms with Crippen molar-refractivity contribution in [2.45, 2.75) is 57.4 Å². The molecule has 4 nitrogen and oxygen atoms in total. The summed E-state index contributed by atoms with van der Waals surface area (Å²) in [5.41, 5.74) is 6.43. The van der Waals surface area contributed by atoms with Gasteiger partial charge >= 0.3 is 0 Å². The summed E-state index contributed by atoms with van der Waals surface area (Å²) in [7, 11) is 0. The molecule has 3 aliphatic rings. The fourth-order valence-electron chi connectivity index (χ4n) is 4.32. The second-order valence-electron chi connectivity index (χ2n) is 7.43. The third kappa shape index (κ3) is 2.60. The fourth-order valence-corrected chi connectivity index (χ4v) is 4.32. The average Bonchev–Trinajstić information content (AvgIpc) is 2.82. The lowest BCUT2D eigenvalue weighted by molar-refractivity contribution is -0.138. The fraction of sp³-hybridized carbons (Fsp3) is 0.938. The molecule has 1 aliphatic carbocycles. The van der Waals surface area contributed by atoms with Crippen LogP contribution in [0.2, 0.25) is 0 Å². The van der Waals surface area contributed by atoms with Crippen molar-refractivity contribution >= 4 is 5.91 Å². The van der Waals surface area contributed by atoms with Crippen LogP contribution in [0.5, 0.6) is 0 Å². The highest BCUT2D eigenvalue weighted by atomic mass is 16.5. The van der Waals surface area contributed by atoms with Crippen molar-refractivity contribution in [1.82, 2.24) is 4.90 Å². The molecule has 2 aliphatic heterocycles. The largest absolute Gasteiger partial charge is 0.381 e. The predicted octanol–water partition coefficient (Wildman–Crippen LogP) is 1.92. The zero-order chi connectivity index (χ0) is 14.2. The molecule has 3 rings (SSSR count). The second kappa shape index (κ2) is 5.30. The highest BCUT2D eigenvalue weighted by Gasteiger charge is 2.45. The van der Waals surface area contributed by atoms with Gasteiger partial charge in [0.15, 0.2) is 0 Å². The Morgan fingerprint density at radius 3 is 2.65 bits per heavy atom. The normalized spacial score (nSPS) is 37.3. The van der Waals surface area contributed by atoms with Crippen LogP contribution < -0.4 is 5.73 Å². The van der Waals surface area contributed by atoms with Gasteiger partial charge in [0, 0.05) is 31.8 Å². The van der Waals surface area contributed by atoms with Crippen LogP contribution in [0.4, 0.5) is 0 Å². The highest BCUT2D eigenvalue weighted by molar-refractivity contribution is 5.80. The Bertz CT molecular complexity index is 375. The zero-order valence-corrected chi connectivity index (χ0v) is 12.7. The molecule has 1 saturated carbocycles. The lowest BCUT2D eigenvalue weighted by Crippen LogP contribution is -2.53. The Labute approximate surface area is 122 Å². The number of carbonyl (C=O) groups is 1. The van der Waals surface area contributed by atoms with Crippen LogP contribution in [0.3, 0.4) is 0 Å². The molecule has 2 unspecified atom stereocenters. The Hall–Kier alpha value is -0.610. The lowest BCUT2D eigenvalue weighted by Gasteiger charge is -2.40. The second-order valence-corrected chi connectivity index (χ2v) is 7.43. The maximum Gasteiger partial charge on any atom is 0.227 e. The van der Waals surface area contributed by atoms with Gasteiger partial charge in [0.25, 0.3) is 0 Å². The number of hydrogen-bond donors (Lipinski definition) is 1. The number of ether oxygens (including phenoxy) is 1. The van der Waals surface area contributed by atoms with E-state index in [1.807, 2.05) is 0 Å². The number of amides is 1. The lowest BCUT2D eigenvalue weighted by atomic mass is 9.74. The van der Waals surface area contributed by atoms with Gasteiger partial charge < -0.3 is 15.4 Å². The monoisotopic (exact) mass is 280 g/mol. The van der Waals surface area contributed by atoms with Gasteiger partial charge in [-0.1, -0.05) is 12.8 Å². The summed E-state index contributed by atoms with van der Waals surface area (Å²) >= 11 is 0. The highest BCUT2D eigenvalue weighted by Crippen LogP contribution is 2.41. The maximum atomic E-state index is 12.9. The minimum absolute atomic E-state index is 0.0336. The van der Waals surface area contributed by atoms with E-state index in [-0.39, 0.29) is 11.5 Å². The molecule has 0 aromatic carbocycles. The van der Waals surface area contributed by atoms with Crippen molar-refractivity contribution in [1.29, 1.82) is 0 Å². The molecule has 2 N–H and O–H groups in total. The van der Waals surface area contributed by atoms with Crippen LogP contribution in [0.15, 0.2) is 0 Å². The SMILES string of the molecule is CC1(N)CCCCC1C(=O)N1CCC2(CCOCC2)C1. The molecule has 0 aromatic rings. The van der Waals surface area contributed by atoms with Gasteiger partial charge in [0.1, 0.15) is 0 Å². The molecular formula is C16H28N2O2. The topological polar surface area (TPSA) is 55.6 Å². The zero-order valence-electron chi connectivity index (χ0n) is 12.7. The molecule has 1 amide bonds. The Morgan fingerprint density at radius 2 is 1.95 bits per heavy atom. The first kappa shape index (κ1) is 14.3. The standard InChI is InChI=1S/C16H28N2O2/c1-15(17)5-3-2-4-13(15)14(19)18-9-6-16(12-18)7-10-20-11-8-16/h13H,2-12,17H2,1H3. The van der Waals surface area contributed by atoms with Crippen molar-refractivity contribution < 1.29 is 9.53 Å². The summed E-state index contributed by atoms with van der Waals surface area (Å²) in [5, 5.41) is 0. The summed E-state index contributed by atoms with van der Waals surface area (Å²) in [6, 6.07) is 0. The molecule has 1 spiro atoms. The van der Waals surface area contributed by atoms with E-state index in [0.717, 1.165) is 71.2 Å². The molecule has 2 saturated heterocycles. The Morgan fingerprint density at radius 1 is 1.20 bits per heavy atom. The Balaban J connectivity index is 1.66. The smallest absolute Gasteiger partial charge is 0.227 e. The number of likely N-dealkylation sites (tertiary alicyclic amines) is 1. The summed E-state index contributed by atoms with van der Waals surface area (Å²) < 4.78 is 5.48. The molecule has 114 valence electrons. The molecule has 20 heavy (non-hydrogen) atoms. The number of nitrogens with zero attached hydrogens (tertiary/aromatic N) is 1. The van der Waals surface area contributed by atoms with Crippen LogP contribution >= 0.6 is 0 Å². The summed E-state index contributed by atoms with van der Waals surface area (Å²) in [4.78, 5) is 15.0. The molecule has 2 heterocycles. The third-order valence-corrected chi connectivity index (χ3v) is 5.86. The molecule has 0 aromatic heterocycles. The van der Waals surface area contributed by atoms with E-state index in [1.54, 1.807) is 0 Å². The van der Waals surface area contributed by atoms with Gasteiger partial charge in [0.2, 0.25) is 5.91 Å². The number of carbonyl (C=O) groups excluding carboxylic acids is 1. The van der Waals surface area contributed by atoms with Crippen LogP contribution in [0, 0.1) is 11.3 Å². The minimum atomic E-state index is -0.305. The van der Waals surface area contributed by atoms with Gasteiger partial charge in [-0.2, -0.15) is 0 Å². The average molecular weight is 280 g/mol. The Kier molecular flexibility index (Phi) is 3.80. The molecule has 3 fully saturated rings. The van der Waals surface area contributed by atoms with Gasteiger partial charge in [-0.15, -0.1) is 0 Å². The third-order valence-electron chi connectivity index (χ3n) is 5.86. The van der Waals surface area contributed by atoms with E-state index in [9.17, 15) is 4.79 Å². The van der Waals surface area contributed by atoms with E-state index >= 15 is 0 Å². The quantitative estimate of drug-likeness (QED) is 0.798. The number of hydrogen-bond acceptors (Lipinski definition) is 3. The van der Waals surface area contributed by atoms with Gasteiger partial charge in [0.05, 0.1) is 5.92 Å². The van der Waals surface area contributed by atoms with Crippen LogP contribution in [-0.2, 0) is 9.53 Å². The van der Waals surface area contributed by atoms with E-state index in [4.69, 9.17) is 10.5 Å². The van der Waals surface area contributed by atoms with Gasteiger partial charge in [-0.3, -0.25) is 4.79 Å². The van der Waals surface area contributed by atoms with Crippen LogP contribution in [0.25, 0.3) is 0 Å². The van der Waals surface area contributed by atoms with Crippen molar-refractivity contribution in [2.75, 3.05) is 26.3 Å². The first-order chi connectivity index (χ1) is 9.53. The maximum absolute atomic E-state index is 12.9. The van der Waals surface area contributed by atoms with Crippen molar-refractivity contribution in [2.24, 2.45) is 17.1 Å². The summed E-state index contributed by atoms with van der Waals surface area (Å²) in [6.45, 7) is 5.64. The predicted molar refractivity (Wildman–Crippen MR) is 78.2 cm³/mol. The minimum Gasteiger partial charge on any atom is -0.381 e. The summed E-state index contributed by atoms with van der Waals surface area (Å²) in [6.07, 6.45) is 7.64.